The Morgan fingerprint density at radius 2 is 2.00 bits per heavy atom. The van der Waals surface area contributed by atoms with E-state index in [2.05, 4.69) is 20.8 Å². The van der Waals surface area contributed by atoms with Crippen LogP contribution >= 0.6 is 0 Å². The molecule has 3 saturated carbocycles. The Hall–Kier alpha value is -0.330. The molecule has 0 aromatic carbocycles. The number of carbonyl (C=O) groups is 1. The highest BCUT2D eigenvalue weighted by molar-refractivity contribution is 5.84. The predicted octanol–water partition coefficient (Wildman–Crippen LogP) is 3.43. The van der Waals surface area contributed by atoms with Gasteiger partial charge in [0.25, 0.3) is 0 Å². The summed E-state index contributed by atoms with van der Waals surface area (Å²) in [5.74, 6) is 2.97. The number of rotatable bonds is 0. The maximum Gasteiger partial charge on any atom is 0.133 e. The van der Waals surface area contributed by atoms with Crippen LogP contribution in [0, 0.1) is 28.6 Å². The fourth-order valence-electron chi connectivity index (χ4n) is 4.87. The number of ketones is 1. The lowest BCUT2D eigenvalue weighted by atomic mass is 9.68. The zero-order chi connectivity index (χ0) is 10.8. The molecular formula is C14H22O. The molecule has 0 radical (unpaired) electrons. The molecule has 3 aliphatic rings. The maximum atomic E-state index is 11.6. The van der Waals surface area contributed by atoms with Crippen LogP contribution in [0.3, 0.4) is 0 Å². The van der Waals surface area contributed by atoms with E-state index in [1.54, 1.807) is 0 Å². The molecule has 15 heavy (non-hydrogen) atoms. The largest absolute Gasteiger partial charge is 0.300 e. The van der Waals surface area contributed by atoms with Crippen LogP contribution < -0.4 is 0 Å². The Bertz CT molecular complexity index is 317. The van der Waals surface area contributed by atoms with Gasteiger partial charge in [-0.1, -0.05) is 27.2 Å². The van der Waals surface area contributed by atoms with Crippen molar-refractivity contribution in [3.05, 3.63) is 0 Å². The summed E-state index contributed by atoms with van der Waals surface area (Å²) in [5.41, 5.74) is 0.908. The molecule has 0 bridgehead atoms. The van der Waals surface area contributed by atoms with Gasteiger partial charge >= 0.3 is 0 Å². The molecule has 1 nitrogen and oxygen atoms in total. The van der Waals surface area contributed by atoms with Crippen LogP contribution in [0.4, 0.5) is 0 Å². The third kappa shape index (κ3) is 1.07. The molecule has 0 aliphatic heterocycles. The molecule has 1 spiro atoms. The summed E-state index contributed by atoms with van der Waals surface area (Å²) in [4.78, 5) is 11.6. The molecule has 0 saturated heterocycles. The van der Waals surface area contributed by atoms with Crippen molar-refractivity contribution in [2.75, 3.05) is 0 Å². The fourth-order valence-corrected chi connectivity index (χ4v) is 4.87. The van der Waals surface area contributed by atoms with E-state index in [1.807, 2.05) is 0 Å². The van der Waals surface area contributed by atoms with Crippen molar-refractivity contribution in [2.24, 2.45) is 28.6 Å². The summed E-state index contributed by atoms with van der Waals surface area (Å²) in [5, 5.41) is 0. The summed E-state index contributed by atoms with van der Waals surface area (Å²) in [6.07, 6.45) is 5.95. The third-order valence-electron chi connectivity index (χ3n) is 6.02. The SMILES string of the molecule is C[C@@H]1C(C)(C)CCCC2[C@H]3CC(=O)C[C@]231. The molecule has 0 aromatic heterocycles. The van der Waals surface area contributed by atoms with Gasteiger partial charge in [-0.05, 0) is 41.4 Å². The zero-order valence-corrected chi connectivity index (χ0v) is 10.2. The van der Waals surface area contributed by atoms with Gasteiger partial charge in [-0.15, -0.1) is 0 Å². The van der Waals surface area contributed by atoms with Crippen molar-refractivity contribution in [1.82, 2.24) is 0 Å². The van der Waals surface area contributed by atoms with Gasteiger partial charge < -0.3 is 0 Å². The molecule has 3 aliphatic carbocycles. The van der Waals surface area contributed by atoms with Crippen molar-refractivity contribution >= 4 is 5.78 Å². The normalized spacial score (nSPS) is 51.9. The second-order valence-electron chi connectivity index (χ2n) is 6.85. The monoisotopic (exact) mass is 206 g/mol. The smallest absolute Gasteiger partial charge is 0.133 e. The number of fused-ring (bicyclic) bond motifs is 1. The molecule has 0 heterocycles. The van der Waals surface area contributed by atoms with Gasteiger partial charge in [0.1, 0.15) is 5.78 Å². The topological polar surface area (TPSA) is 17.1 Å². The van der Waals surface area contributed by atoms with Gasteiger partial charge in [-0.25, -0.2) is 0 Å². The summed E-state index contributed by atoms with van der Waals surface area (Å²) in [6, 6.07) is 0. The van der Waals surface area contributed by atoms with E-state index >= 15 is 0 Å². The Morgan fingerprint density at radius 1 is 1.27 bits per heavy atom. The Labute approximate surface area is 92.6 Å². The molecule has 1 heteroatoms. The van der Waals surface area contributed by atoms with Crippen molar-refractivity contribution in [3.8, 4) is 0 Å². The minimum Gasteiger partial charge on any atom is -0.300 e. The van der Waals surface area contributed by atoms with E-state index in [0.29, 0.717) is 16.6 Å². The van der Waals surface area contributed by atoms with Gasteiger partial charge in [0.15, 0.2) is 0 Å². The summed E-state index contributed by atoms with van der Waals surface area (Å²) in [6.45, 7) is 7.23. The van der Waals surface area contributed by atoms with E-state index in [0.717, 1.165) is 30.6 Å². The molecule has 0 aromatic rings. The number of Topliss-reactive ketones (excluding diaryl/α,β-unsaturated/α-hetero) is 1. The first-order valence-electron chi connectivity index (χ1n) is 6.50. The lowest BCUT2D eigenvalue weighted by Gasteiger charge is -2.36. The second-order valence-corrected chi connectivity index (χ2v) is 6.85. The number of hydrogen-bond donors (Lipinski definition) is 0. The van der Waals surface area contributed by atoms with E-state index in [4.69, 9.17) is 0 Å². The fraction of sp³-hybridized carbons (Fsp3) is 0.929. The van der Waals surface area contributed by atoms with Gasteiger partial charge in [0.05, 0.1) is 0 Å². The van der Waals surface area contributed by atoms with E-state index in [1.165, 1.54) is 19.3 Å². The highest BCUT2D eigenvalue weighted by Gasteiger charge is 2.72. The molecule has 0 amide bonds. The van der Waals surface area contributed by atoms with Crippen LogP contribution in [0.5, 0.6) is 0 Å². The summed E-state index contributed by atoms with van der Waals surface area (Å²) in [7, 11) is 0. The quantitative estimate of drug-likeness (QED) is 0.593. The van der Waals surface area contributed by atoms with Crippen molar-refractivity contribution in [1.29, 1.82) is 0 Å². The van der Waals surface area contributed by atoms with Crippen LogP contribution in [0.1, 0.15) is 52.9 Å². The standard InChI is InChI=1S/C14H22O/c1-9-13(2,3)6-4-5-11-12-7-10(15)8-14(9,11)12/h9,11-12H,4-8H2,1-3H3/t9-,11?,12-,14+/m1/s1. The zero-order valence-electron chi connectivity index (χ0n) is 10.2. The highest BCUT2D eigenvalue weighted by Crippen LogP contribution is 2.76. The molecule has 84 valence electrons. The van der Waals surface area contributed by atoms with Crippen LogP contribution in [0.15, 0.2) is 0 Å². The third-order valence-corrected chi connectivity index (χ3v) is 6.02. The Kier molecular flexibility index (Phi) is 1.76. The number of hydrogen-bond acceptors (Lipinski definition) is 1. The van der Waals surface area contributed by atoms with Crippen LogP contribution in [-0.4, -0.2) is 5.78 Å². The minimum absolute atomic E-state index is 0.452. The lowest BCUT2D eigenvalue weighted by molar-refractivity contribution is -0.119. The Balaban J connectivity index is 1.96. The van der Waals surface area contributed by atoms with Gasteiger partial charge in [0, 0.05) is 12.8 Å². The average Bonchev–Trinajstić information content (AvgIpc) is 2.62. The van der Waals surface area contributed by atoms with E-state index in [9.17, 15) is 4.79 Å². The van der Waals surface area contributed by atoms with Crippen molar-refractivity contribution in [2.45, 2.75) is 52.9 Å². The number of carbonyl (C=O) groups excluding carboxylic acids is 1. The van der Waals surface area contributed by atoms with E-state index in [-0.39, 0.29) is 0 Å². The minimum atomic E-state index is 0.452. The van der Waals surface area contributed by atoms with Crippen molar-refractivity contribution < 1.29 is 4.79 Å². The first kappa shape index (κ1) is 9.86. The van der Waals surface area contributed by atoms with Crippen molar-refractivity contribution in [3.63, 3.8) is 0 Å². The first-order chi connectivity index (χ1) is 6.98. The second kappa shape index (κ2) is 2.67. The maximum absolute atomic E-state index is 11.6. The first-order valence-corrected chi connectivity index (χ1v) is 6.50. The molecule has 1 unspecified atom stereocenters. The molecule has 4 atom stereocenters. The van der Waals surface area contributed by atoms with Crippen LogP contribution in [-0.2, 0) is 4.79 Å². The highest BCUT2D eigenvalue weighted by atomic mass is 16.1. The van der Waals surface area contributed by atoms with Gasteiger partial charge in [0.2, 0.25) is 0 Å². The molecule has 0 N–H and O–H groups in total. The predicted molar refractivity (Wildman–Crippen MR) is 60.5 cm³/mol. The molecule has 3 fully saturated rings. The Morgan fingerprint density at radius 3 is 2.73 bits per heavy atom. The van der Waals surface area contributed by atoms with E-state index < -0.39 is 0 Å². The van der Waals surface area contributed by atoms with Gasteiger partial charge in [-0.2, -0.15) is 0 Å². The molecular weight excluding hydrogens is 184 g/mol. The lowest BCUT2D eigenvalue weighted by Crippen LogP contribution is -2.29. The molecule has 3 rings (SSSR count). The van der Waals surface area contributed by atoms with Crippen LogP contribution in [0.25, 0.3) is 0 Å². The average molecular weight is 206 g/mol. The summed E-state index contributed by atoms with van der Waals surface area (Å²) < 4.78 is 0. The van der Waals surface area contributed by atoms with Crippen LogP contribution in [0.2, 0.25) is 0 Å². The summed E-state index contributed by atoms with van der Waals surface area (Å²) >= 11 is 0. The van der Waals surface area contributed by atoms with Gasteiger partial charge in [-0.3, -0.25) is 4.79 Å².